The van der Waals surface area contributed by atoms with Crippen LogP contribution in [-0.4, -0.2) is 20.1 Å². The van der Waals surface area contributed by atoms with Gasteiger partial charge in [0.15, 0.2) is 0 Å². The van der Waals surface area contributed by atoms with E-state index in [9.17, 15) is 4.79 Å². The third-order valence-corrected chi connectivity index (χ3v) is 3.65. The Balaban J connectivity index is 2.54. The summed E-state index contributed by atoms with van der Waals surface area (Å²) in [6, 6.07) is 18.0. The lowest BCUT2D eigenvalue weighted by Gasteiger charge is -2.31. The Morgan fingerprint density at radius 1 is 1.10 bits per heavy atom. The fraction of sp³-hybridized carbons (Fsp3) is 0.235. The molecule has 0 saturated carbocycles. The molecule has 0 bridgehead atoms. The van der Waals surface area contributed by atoms with Gasteiger partial charge in [-0.25, -0.2) is 0 Å². The highest BCUT2D eigenvalue weighted by Gasteiger charge is 2.31. The molecule has 3 nitrogen and oxygen atoms in total. The molecule has 2 rings (SSSR count). The molecule has 20 heavy (non-hydrogen) atoms. The lowest BCUT2D eigenvalue weighted by atomic mass is 9.75. The average Bonchev–Trinajstić information content (AvgIpc) is 2.53. The van der Waals surface area contributed by atoms with Crippen molar-refractivity contribution in [2.75, 3.05) is 13.7 Å². The highest BCUT2D eigenvalue weighted by atomic mass is 16.5. The second-order valence-electron chi connectivity index (χ2n) is 4.90. The Morgan fingerprint density at radius 3 is 2.40 bits per heavy atom. The van der Waals surface area contributed by atoms with Crippen LogP contribution in [0.25, 0.3) is 0 Å². The van der Waals surface area contributed by atoms with Crippen molar-refractivity contribution in [3.05, 3.63) is 65.7 Å². The number of carbonyl (C=O) groups is 1. The molecule has 0 aliphatic heterocycles. The second-order valence-corrected chi connectivity index (χ2v) is 4.90. The molecule has 0 aliphatic rings. The van der Waals surface area contributed by atoms with Gasteiger partial charge in [-0.3, -0.25) is 4.79 Å². The summed E-state index contributed by atoms with van der Waals surface area (Å²) in [4.78, 5) is 10.7. The lowest BCUT2D eigenvalue weighted by Crippen LogP contribution is -2.36. The van der Waals surface area contributed by atoms with Gasteiger partial charge in [0.2, 0.25) is 6.41 Å². The van der Waals surface area contributed by atoms with E-state index >= 15 is 0 Å². The number of hydrogen-bond donors (Lipinski definition) is 1. The summed E-state index contributed by atoms with van der Waals surface area (Å²) in [5.41, 5.74) is 1.86. The second kappa shape index (κ2) is 6.24. The SMILES string of the molecule is COc1ccccc1[C@](C)(CNC=O)c1ccccc1. The van der Waals surface area contributed by atoms with Crippen LogP contribution in [0.2, 0.25) is 0 Å². The molecule has 2 aromatic rings. The van der Waals surface area contributed by atoms with Crippen LogP contribution in [0.15, 0.2) is 54.6 Å². The predicted molar refractivity (Wildman–Crippen MR) is 80.0 cm³/mol. The fourth-order valence-corrected chi connectivity index (χ4v) is 2.51. The Labute approximate surface area is 119 Å². The first-order chi connectivity index (χ1) is 9.72. The van der Waals surface area contributed by atoms with E-state index in [-0.39, 0.29) is 5.41 Å². The van der Waals surface area contributed by atoms with E-state index in [1.54, 1.807) is 7.11 Å². The predicted octanol–water partition coefficient (Wildman–Crippen LogP) is 2.75. The number of nitrogens with one attached hydrogen (secondary N) is 1. The lowest BCUT2D eigenvalue weighted by molar-refractivity contribution is -0.109. The van der Waals surface area contributed by atoms with Crippen LogP contribution < -0.4 is 10.1 Å². The number of ether oxygens (including phenoxy) is 1. The summed E-state index contributed by atoms with van der Waals surface area (Å²) in [5, 5.41) is 2.80. The van der Waals surface area contributed by atoms with Crippen LogP contribution in [0.5, 0.6) is 5.75 Å². The van der Waals surface area contributed by atoms with Gasteiger partial charge in [-0.15, -0.1) is 0 Å². The summed E-state index contributed by atoms with van der Waals surface area (Å²) in [7, 11) is 1.66. The molecule has 1 N–H and O–H groups in total. The summed E-state index contributed by atoms with van der Waals surface area (Å²) in [6.45, 7) is 2.62. The van der Waals surface area contributed by atoms with E-state index in [4.69, 9.17) is 4.74 Å². The summed E-state index contributed by atoms with van der Waals surface area (Å²) < 4.78 is 5.48. The van der Waals surface area contributed by atoms with Gasteiger partial charge < -0.3 is 10.1 Å². The summed E-state index contributed by atoms with van der Waals surface area (Å²) >= 11 is 0. The molecule has 0 radical (unpaired) electrons. The van der Waals surface area contributed by atoms with Gasteiger partial charge in [0.05, 0.1) is 7.11 Å². The minimum Gasteiger partial charge on any atom is -0.496 e. The highest BCUT2D eigenvalue weighted by Crippen LogP contribution is 2.36. The third kappa shape index (κ3) is 2.67. The Hall–Kier alpha value is -2.29. The molecule has 104 valence electrons. The van der Waals surface area contributed by atoms with Gasteiger partial charge >= 0.3 is 0 Å². The van der Waals surface area contributed by atoms with E-state index in [0.29, 0.717) is 6.54 Å². The van der Waals surface area contributed by atoms with Gasteiger partial charge in [0, 0.05) is 17.5 Å². The Morgan fingerprint density at radius 2 is 1.75 bits per heavy atom. The number of methoxy groups -OCH3 is 1. The largest absolute Gasteiger partial charge is 0.496 e. The van der Waals surface area contributed by atoms with E-state index in [1.807, 2.05) is 42.5 Å². The van der Waals surface area contributed by atoms with Crippen molar-refractivity contribution in [1.82, 2.24) is 5.32 Å². The monoisotopic (exact) mass is 269 g/mol. The van der Waals surface area contributed by atoms with Crippen molar-refractivity contribution in [1.29, 1.82) is 0 Å². The Bertz CT molecular complexity index is 568. The highest BCUT2D eigenvalue weighted by molar-refractivity contribution is 5.51. The molecule has 0 heterocycles. The third-order valence-electron chi connectivity index (χ3n) is 3.65. The van der Waals surface area contributed by atoms with E-state index in [2.05, 4.69) is 24.4 Å². The fourth-order valence-electron chi connectivity index (χ4n) is 2.51. The molecule has 0 aromatic heterocycles. The summed E-state index contributed by atoms with van der Waals surface area (Å²) in [5.74, 6) is 0.826. The number of hydrogen-bond acceptors (Lipinski definition) is 2. The number of para-hydroxylation sites is 1. The number of rotatable bonds is 6. The molecule has 0 aliphatic carbocycles. The number of amides is 1. The molecule has 1 amide bonds. The normalized spacial score (nSPS) is 13.3. The molecule has 0 spiro atoms. The summed E-state index contributed by atoms with van der Waals surface area (Å²) in [6.07, 6.45) is 0.733. The van der Waals surface area contributed by atoms with E-state index in [1.165, 1.54) is 0 Å². The molecule has 0 fully saturated rings. The minimum atomic E-state index is -0.339. The standard InChI is InChI=1S/C17H19NO2/c1-17(12-18-13-19,14-8-4-3-5-9-14)15-10-6-7-11-16(15)20-2/h3-11,13H,12H2,1-2H3,(H,18,19)/t17-/m1/s1. The van der Waals surface area contributed by atoms with Crippen molar-refractivity contribution >= 4 is 6.41 Å². The minimum absolute atomic E-state index is 0.339. The zero-order valence-electron chi connectivity index (χ0n) is 11.8. The van der Waals surface area contributed by atoms with Gasteiger partial charge in [-0.2, -0.15) is 0 Å². The maximum Gasteiger partial charge on any atom is 0.207 e. The smallest absolute Gasteiger partial charge is 0.207 e. The van der Waals surface area contributed by atoms with Crippen LogP contribution >= 0.6 is 0 Å². The van der Waals surface area contributed by atoms with Crippen LogP contribution in [0, 0.1) is 0 Å². The van der Waals surface area contributed by atoms with Crippen LogP contribution in [-0.2, 0) is 10.2 Å². The topological polar surface area (TPSA) is 38.3 Å². The number of carbonyl (C=O) groups excluding carboxylic acids is 1. The van der Waals surface area contributed by atoms with Crippen molar-refractivity contribution in [2.45, 2.75) is 12.3 Å². The van der Waals surface area contributed by atoms with Crippen LogP contribution in [0.1, 0.15) is 18.1 Å². The average molecular weight is 269 g/mol. The van der Waals surface area contributed by atoms with Crippen molar-refractivity contribution in [2.24, 2.45) is 0 Å². The van der Waals surface area contributed by atoms with Gasteiger partial charge in [0.1, 0.15) is 5.75 Å². The first-order valence-electron chi connectivity index (χ1n) is 6.58. The van der Waals surface area contributed by atoms with Crippen LogP contribution in [0.3, 0.4) is 0 Å². The maximum atomic E-state index is 10.7. The molecule has 2 aromatic carbocycles. The Kier molecular flexibility index (Phi) is 4.41. The van der Waals surface area contributed by atoms with E-state index < -0.39 is 0 Å². The molecule has 0 unspecified atom stereocenters. The first-order valence-corrected chi connectivity index (χ1v) is 6.58. The molecule has 1 atom stereocenters. The molecule has 0 saturated heterocycles. The van der Waals surface area contributed by atoms with Gasteiger partial charge in [0.25, 0.3) is 0 Å². The van der Waals surface area contributed by atoms with Crippen LogP contribution in [0.4, 0.5) is 0 Å². The van der Waals surface area contributed by atoms with Gasteiger partial charge in [-0.1, -0.05) is 48.5 Å². The molecular weight excluding hydrogens is 250 g/mol. The van der Waals surface area contributed by atoms with Gasteiger partial charge in [-0.05, 0) is 18.6 Å². The number of benzene rings is 2. The maximum absolute atomic E-state index is 10.7. The molecule has 3 heteroatoms. The van der Waals surface area contributed by atoms with Crippen molar-refractivity contribution < 1.29 is 9.53 Å². The van der Waals surface area contributed by atoms with Crippen molar-refractivity contribution in [3.63, 3.8) is 0 Å². The quantitative estimate of drug-likeness (QED) is 0.819. The zero-order valence-corrected chi connectivity index (χ0v) is 11.8. The first kappa shape index (κ1) is 14.1. The van der Waals surface area contributed by atoms with E-state index in [0.717, 1.165) is 23.3 Å². The zero-order chi connectivity index (χ0) is 14.4. The van der Waals surface area contributed by atoms with Crippen molar-refractivity contribution in [3.8, 4) is 5.75 Å². The molecular formula is C17H19NO2.